The molecule has 5 heteroatoms. The van der Waals surface area contributed by atoms with Crippen LogP contribution in [0, 0.1) is 5.82 Å². The van der Waals surface area contributed by atoms with Gasteiger partial charge in [0.15, 0.2) is 11.5 Å². The summed E-state index contributed by atoms with van der Waals surface area (Å²) in [6.45, 7) is 0.381. The molecule has 33 heavy (non-hydrogen) atoms. The molecule has 0 radical (unpaired) electrons. The lowest BCUT2D eigenvalue weighted by Gasteiger charge is -2.36. The number of hydrogen-bond donors (Lipinski definition) is 0. The number of para-hydroxylation sites is 1. The van der Waals surface area contributed by atoms with Crippen LogP contribution >= 0.6 is 0 Å². The lowest BCUT2D eigenvalue weighted by molar-refractivity contribution is -0.119. The molecule has 0 spiro atoms. The topological polar surface area (TPSA) is 38.8 Å². The van der Waals surface area contributed by atoms with Crippen LogP contribution in [0.25, 0.3) is 10.8 Å². The molecule has 5 rings (SSSR count). The highest BCUT2D eigenvalue weighted by molar-refractivity contribution is 6.03. The number of benzene rings is 4. The smallest absolute Gasteiger partial charge is 0.228 e. The maximum Gasteiger partial charge on any atom is 0.228 e. The Morgan fingerprint density at radius 2 is 1.70 bits per heavy atom. The van der Waals surface area contributed by atoms with Crippen molar-refractivity contribution >= 4 is 22.4 Å². The van der Waals surface area contributed by atoms with Gasteiger partial charge in [0.25, 0.3) is 0 Å². The fraction of sp³-hybridized carbons (Fsp3) is 0.179. The molecule has 1 unspecified atom stereocenters. The molecular weight excluding hydrogens is 417 g/mol. The minimum absolute atomic E-state index is 0.0111. The van der Waals surface area contributed by atoms with Crippen LogP contribution in [-0.2, 0) is 11.3 Å². The largest absolute Gasteiger partial charge is 0.493 e. The fourth-order valence-electron chi connectivity index (χ4n) is 4.80. The summed E-state index contributed by atoms with van der Waals surface area (Å²) in [5.74, 6) is 0.812. The lowest BCUT2D eigenvalue weighted by Crippen LogP contribution is -2.36. The second kappa shape index (κ2) is 8.58. The van der Waals surface area contributed by atoms with E-state index < -0.39 is 0 Å². The zero-order valence-electron chi connectivity index (χ0n) is 18.5. The van der Waals surface area contributed by atoms with E-state index in [1.54, 1.807) is 31.3 Å². The maximum absolute atomic E-state index is 13.5. The van der Waals surface area contributed by atoms with Crippen molar-refractivity contribution in [3.63, 3.8) is 0 Å². The molecule has 0 saturated carbocycles. The molecule has 0 aromatic heterocycles. The molecule has 1 aliphatic heterocycles. The Kier molecular flexibility index (Phi) is 5.47. The third-order valence-electron chi connectivity index (χ3n) is 6.33. The molecule has 0 bridgehead atoms. The number of carbonyl (C=O) groups excluding carboxylic acids is 1. The van der Waals surface area contributed by atoms with Gasteiger partial charge in [-0.3, -0.25) is 4.79 Å². The Hall–Kier alpha value is -3.86. The number of amides is 1. The summed E-state index contributed by atoms with van der Waals surface area (Å²) in [6, 6.07) is 24.3. The van der Waals surface area contributed by atoms with E-state index in [1.807, 2.05) is 42.5 Å². The van der Waals surface area contributed by atoms with Crippen molar-refractivity contribution in [3.05, 3.63) is 101 Å². The zero-order chi connectivity index (χ0) is 22.9. The molecule has 1 heterocycles. The van der Waals surface area contributed by atoms with E-state index >= 15 is 0 Å². The number of anilines is 1. The van der Waals surface area contributed by atoms with Crippen LogP contribution in [0.3, 0.4) is 0 Å². The number of nitrogens with zero attached hydrogens (tertiary/aromatic N) is 1. The minimum Gasteiger partial charge on any atom is -0.493 e. The molecule has 4 aromatic carbocycles. The standard InChI is InChI=1S/C28H24FNO3/c1-32-25-9-5-8-22(28(25)33-2)23-16-26(31)30(17-18-10-13-20(29)14-11-18)24-15-12-19-6-3-4-7-21(19)27(23)24/h3-15,23H,16-17H2,1-2H3. The Balaban J connectivity index is 1.70. The number of carbonyl (C=O) groups is 1. The Bertz CT molecular complexity index is 1330. The van der Waals surface area contributed by atoms with Crippen molar-refractivity contribution in [1.29, 1.82) is 0 Å². The second-order valence-electron chi connectivity index (χ2n) is 8.17. The summed E-state index contributed by atoms with van der Waals surface area (Å²) in [5, 5.41) is 2.21. The Morgan fingerprint density at radius 3 is 2.45 bits per heavy atom. The number of rotatable bonds is 5. The fourth-order valence-corrected chi connectivity index (χ4v) is 4.80. The second-order valence-corrected chi connectivity index (χ2v) is 8.17. The molecule has 0 aliphatic carbocycles. The maximum atomic E-state index is 13.5. The third-order valence-corrected chi connectivity index (χ3v) is 6.33. The quantitative estimate of drug-likeness (QED) is 0.378. The third kappa shape index (κ3) is 3.69. The van der Waals surface area contributed by atoms with E-state index in [0.717, 1.165) is 33.2 Å². The van der Waals surface area contributed by atoms with E-state index in [2.05, 4.69) is 12.1 Å². The molecule has 1 aliphatic rings. The van der Waals surface area contributed by atoms with Gasteiger partial charge in [0.2, 0.25) is 5.91 Å². The summed E-state index contributed by atoms with van der Waals surface area (Å²) in [7, 11) is 3.23. The van der Waals surface area contributed by atoms with Gasteiger partial charge >= 0.3 is 0 Å². The molecule has 0 N–H and O–H groups in total. The predicted octanol–water partition coefficient (Wildman–Crippen LogP) is 6.06. The predicted molar refractivity (Wildman–Crippen MR) is 128 cm³/mol. The van der Waals surface area contributed by atoms with E-state index in [9.17, 15) is 9.18 Å². The number of hydrogen-bond acceptors (Lipinski definition) is 3. The van der Waals surface area contributed by atoms with Crippen molar-refractivity contribution in [2.45, 2.75) is 18.9 Å². The van der Waals surface area contributed by atoms with Gasteiger partial charge in [-0.2, -0.15) is 0 Å². The summed E-state index contributed by atoms with van der Waals surface area (Å²) in [4.78, 5) is 15.3. The summed E-state index contributed by atoms with van der Waals surface area (Å²) in [6.07, 6.45) is 0.297. The number of fused-ring (bicyclic) bond motifs is 3. The average molecular weight is 442 g/mol. The number of halogens is 1. The molecule has 1 atom stereocenters. The van der Waals surface area contributed by atoms with E-state index in [0.29, 0.717) is 24.5 Å². The van der Waals surface area contributed by atoms with Crippen LogP contribution in [0.15, 0.2) is 78.9 Å². The first kappa shape index (κ1) is 21.0. The molecule has 4 nitrogen and oxygen atoms in total. The van der Waals surface area contributed by atoms with Gasteiger partial charge in [0.05, 0.1) is 20.8 Å². The van der Waals surface area contributed by atoms with Gasteiger partial charge in [-0.15, -0.1) is 0 Å². The van der Waals surface area contributed by atoms with Crippen LogP contribution in [0.2, 0.25) is 0 Å². The van der Waals surface area contributed by atoms with E-state index in [1.165, 1.54) is 12.1 Å². The van der Waals surface area contributed by atoms with Crippen LogP contribution in [0.5, 0.6) is 11.5 Å². The van der Waals surface area contributed by atoms with Crippen LogP contribution in [0.4, 0.5) is 10.1 Å². The van der Waals surface area contributed by atoms with Gasteiger partial charge in [-0.05, 0) is 46.2 Å². The number of ether oxygens (including phenoxy) is 2. The lowest BCUT2D eigenvalue weighted by atomic mass is 9.80. The Labute approximate surface area is 192 Å². The van der Waals surface area contributed by atoms with Gasteiger partial charge in [0.1, 0.15) is 5.82 Å². The zero-order valence-corrected chi connectivity index (χ0v) is 18.5. The summed E-state index contributed by atoms with van der Waals surface area (Å²) >= 11 is 0. The summed E-state index contributed by atoms with van der Waals surface area (Å²) in [5.41, 5.74) is 3.75. The Morgan fingerprint density at radius 1 is 0.909 bits per heavy atom. The first-order valence-electron chi connectivity index (χ1n) is 10.9. The van der Waals surface area contributed by atoms with Crippen LogP contribution in [-0.4, -0.2) is 20.1 Å². The first-order chi connectivity index (χ1) is 16.1. The van der Waals surface area contributed by atoms with Crippen LogP contribution < -0.4 is 14.4 Å². The van der Waals surface area contributed by atoms with Gasteiger partial charge in [0, 0.05) is 23.6 Å². The van der Waals surface area contributed by atoms with Crippen molar-refractivity contribution in [1.82, 2.24) is 0 Å². The number of methoxy groups -OCH3 is 2. The van der Waals surface area contributed by atoms with Crippen LogP contribution in [0.1, 0.15) is 29.0 Å². The normalized spacial score (nSPS) is 15.4. The minimum atomic E-state index is -0.291. The van der Waals surface area contributed by atoms with Crippen molar-refractivity contribution < 1.29 is 18.7 Å². The molecular formula is C28H24FNO3. The highest BCUT2D eigenvalue weighted by Crippen LogP contribution is 2.48. The van der Waals surface area contributed by atoms with Crippen molar-refractivity contribution in [2.75, 3.05) is 19.1 Å². The molecule has 1 amide bonds. The van der Waals surface area contributed by atoms with E-state index in [-0.39, 0.29) is 17.6 Å². The van der Waals surface area contributed by atoms with Gasteiger partial charge < -0.3 is 14.4 Å². The van der Waals surface area contributed by atoms with Crippen molar-refractivity contribution in [2.24, 2.45) is 0 Å². The molecule has 4 aromatic rings. The van der Waals surface area contributed by atoms with E-state index in [4.69, 9.17) is 9.47 Å². The molecule has 0 saturated heterocycles. The average Bonchev–Trinajstić information content (AvgIpc) is 2.85. The summed E-state index contributed by atoms with van der Waals surface area (Å²) < 4.78 is 24.7. The molecule has 166 valence electrons. The highest BCUT2D eigenvalue weighted by atomic mass is 19.1. The molecule has 0 fully saturated rings. The SMILES string of the molecule is COc1cccc(C2CC(=O)N(Cc3ccc(F)cc3)c3ccc4ccccc4c32)c1OC. The van der Waals surface area contributed by atoms with Gasteiger partial charge in [-0.1, -0.05) is 54.6 Å². The highest BCUT2D eigenvalue weighted by Gasteiger charge is 2.35. The monoisotopic (exact) mass is 441 g/mol. The van der Waals surface area contributed by atoms with Crippen molar-refractivity contribution in [3.8, 4) is 11.5 Å². The first-order valence-corrected chi connectivity index (χ1v) is 10.9. The van der Waals surface area contributed by atoms with Gasteiger partial charge in [-0.25, -0.2) is 4.39 Å².